The van der Waals surface area contributed by atoms with Gasteiger partial charge >= 0.3 is 0 Å². The molecule has 5 heteroatoms. The molecule has 0 aromatic carbocycles. The van der Waals surface area contributed by atoms with E-state index in [-0.39, 0.29) is 0 Å². The molecule has 2 aromatic heterocycles. The first-order valence-corrected chi connectivity index (χ1v) is 7.29. The number of aromatic nitrogens is 2. The third-order valence-corrected chi connectivity index (χ3v) is 3.26. The molecular weight excluding hydrogens is 258 g/mol. The van der Waals surface area contributed by atoms with Gasteiger partial charge in [-0.1, -0.05) is 13.8 Å². The van der Waals surface area contributed by atoms with E-state index in [4.69, 9.17) is 4.74 Å². The second-order valence-corrected chi connectivity index (χ2v) is 5.70. The molecule has 19 heavy (non-hydrogen) atoms. The first-order chi connectivity index (χ1) is 9.24. The molecule has 2 rings (SSSR count). The van der Waals surface area contributed by atoms with Crippen molar-refractivity contribution in [2.45, 2.75) is 27.0 Å². The van der Waals surface area contributed by atoms with Gasteiger partial charge in [0.2, 0.25) is 0 Å². The molecule has 0 aliphatic carbocycles. The molecule has 102 valence electrons. The van der Waals surface area contributed by atoms with E-state index >= 15 is 0 Å². The Hall–Kier alpha value is -1.46. The van der Waals surface area contributed by atoms with Gasteiger partial charge in [0, 0.05) is 18.1 Å². The summed E-state index contributed by atoms with van der Waals surface area (Å²) in [6, 6.07) is 3.94. The number of hydrogen-bond acceptors (Lipinski definition) is 5. The summed E-state index contributed by atoms with van der Waals surface area (Å²) in [5.74, 6) is 1.43. The largest absolute Gasteiger partial charge is 0.485 e. The Morgan fingerprint density at radius 2 is 2.21 bits per heavy atom. The van der Waals surface area contributed by atoms with Gasteiger partial charge < -0.3 is 10.1 Å². The number of rotatable bonds is 7. The molecule has 0 saturated carbocycles. The van der Waals surface area contributed by atoms with Crippen LogP contribution in [0.1, 0.15) is 24.5 Å². The highest BCUT2D eigenvalue weighted by atomic mass is 32.1. The van der Waals surface area contributed by atoms with Crippen LogP contribution in [0.4, 0.5) is 0 Å². The predicted molar refractivity (Wildman–Crippen MR) is 77.2 cm³/mol. The highest BCUT2D eigenvalue weighted by Gasteiger charge is 2.00. The van der Waals surface area contributed by atoms with Crippen molar-refractivity contribution in [3.8, 4) is 5.75 Å². The Bertz CT molecular complexity index is 468. The number of thiazole rings is 1. The fraction of sp³-hybridized carbons (Fsp3) is 0.429. The van der Waals surface area contributed by atoms with Crippen LogP contribution in [0, 0.1) is 5.92 Å². The molecule has 0 saturated heterocycles. The maximum atomic E-state index is 5.61. The second-order valence-electron chi connectivity index (χ2n) is 4.72. The monoisotopic (exact) mass is 277 g/mol. The lowest BCUT2D eigenvalue weighted by molar-refractivity contribution is 0.304. The van der Waals surface area contributed by atoms with Crippen molar-refractivity contribution < 1.29 is 4.74 Å². The number of pyridine rings is 1. The zero-order chi connectivity index (χ0) is 13.5. The number of nitrogens with one attached hydrogen (secondary N) is 1. The zero-order valence-corrected chi connectivity index (χ0v) is 12.1. The standard InChI is InChI=1S/C14H19N3OS/c1-11(2)7-15-8-12-3-4-13(9-17-12)18-10-14-16-5-6-19-14/h3-6,9,11,15H,7-8,10H2,1-2H3. The van der Waals surface area contributed by atoms with Gasteiger partial charge in [-0.2, -0.15) is 0 Å². The Morgan fingerprint density at radius 3 is 2.84 bits per heavy atom. The summed E-state index contributed by atoms with van der Waals surface area (Å²) >= 11 is 1.59. The molecule has 0 radical (unpaired) electrons. The highest BCUT2D eigenvalue weighted by Crippen LogP contribution is 2.13. The number of ether oxygens (including phenoxy) is 1. The first-order valence-electron chi connectivity index (χ1n) is 6.41. The molecule has 0 spiro atoms. The minimum atomic E-state index is 0.504. The molecule has 4 nitrogen and oxygen atoms in total. The molecular formula is C14H19N3OS. The van der Waals surface area contributed by atoms with E-state index in [1.165, 1.54) is 0 Å². The molecule has 0 amide bonds. The van der Waals surface area contributed by atoms with Crippen LogP contribution in [0.2, 0.25) is 0 Å². The van der Waals surface area contributed by atoms with Crippen molar-refractivity contribution in [1.82, 2.24) is 15.3 Å². The smallest absolute Gasteiger partial charge is 0.140 e. The zero-order valence-electron chi connectivity index (χ0n) is 11.3. The Labute approximate surface area is 117 Å². The van der Waals surface area contributed by atoms with E-state index in [0.29, 0.717) is 12.5 Å². The van der Waals surface area contributed by atoms with Crippen LogP contribution in [0.15, 0.2) is 29.9 Å². The summed E-state index contributed by atoms with van der Waals surface area (Å²) in [7, 11) is 0. The van der Waals surface area contributed by atoms with Crippen LogP contribution in [0.5, 0.6) is 5.75 Å². The fourth-order valence-electron chi connectivity index (χ4n) is 1.56. The van der Waals surface area contributed by atoms with E-state index in [2.05, 4.69) is 29.1 Å². The third-order valence-electron chi connectivity index (χ3n) is 2.50. The van der Waals surface area contributed by atoms with Gasteiger partial charge in [0.25, 0.3) is 0 Å². The van der Waals surface area contributed by atoms with Crippen LogP contribution >= 0.6 is 11.3 Å². The highest BCUT2D eigenvalue weighted by molar-refractivity contribution is 7.09. The second kappa shape index (κ2) is 7.21. The summed E-state index contributed by atoms with van der Waals surface area (Å²) in [6.07, 6.45) is 3.55. The van der Waals surface area contributed by atoms with E-state index in [9.17, 15) is 0 Å². The lowest BCUT2D eigenvalue weighted by Crippen LogP contribution is -2.19. The van der Waals surface area contributed by atoms with Crippen LogP contribution < -0.4 is 10.1 Å². The van der Waals surface area contributed by atoms with Crippen molar-refractivity contribution in [2.24, 2.45) is 5.92 Å². The van der Waals surface area contributed by atoms with Gasteiger partial charge in [-0.15, -0.1) is 11.3 Å². The van der Waals surface area contributed by atoms with Gasteiger partial charge in [0.15, 0.2) is 0 Å². The minimum absolute atomic E-state index is 0.504. The summed E-state index contributed by atoms with van der Waals surface area (Å²) in [5, 5.41) is 6.28. The summed E-state index contributed by atoms with van der Waals surface area (Å²) < 4.78 is 5.61. The molecule has 1 N–H and O–H groups in total. The molecule has 2 aromatic rings. The molecule has 0 aliphatic heterocycles. The van der Waals surface area contributed by atoms with Crippen molar-refractivity contribution in [2.75, 3.05) is 6.54 Å². The molecule has 2 heterocycles. The maximum absolute atomic E-state index is 5.61. The van der Waals surface area contributed by atoms with Crippen LogP contribution in [-0.2, 0) is 13.2 Å². The van der Waals surface area contributed by atoms with E-state index in [0.717, 1.165) is 29.5 Å². The number of nitrogens with zero attached hydrogens (tertiary/aromatic N) is 2. The molecule has 0 bridgehead atoms. The molecule has 0 fully saturated rings. The summed E-state index contributed by atoms with van der Waals surface area (Å²) in [6.45, 7) is 6.69. The quantitative estimate of drug-likeness (QED) is 0.845. The van der Waals surface area contributed by atoms with Gasteiger partial charge in [0.05, 0.1) is 11.9 Å². The fourth-order valence-corrected chi connectivity index (χ4v) is 2.09. The van der Waals surface area contributed by atoms with E-state index in [1.807, 2.05) is 17.5 Å². The molecule has 0 atom stereocenters. The summed E-state index contributed by atoms with van der Waals surface area (Å²) in [4.78, 5) is 8.54. The van der Waals surface area contributed by atoms with E-state index < -0.39 is 0 Å². The van der Waals surface area contributed by atoms with Crippen LogP contribution in [0.3, 0.4) is 0 Å². The maximum Gasteiger partial charge on any atom is 0.140 e. The van der Waals surface area contributed by atoms with Gasteiger partial charge in [-0.05, 0) is 24.6 Å². The Balaban J connectivity index is 1.77. The topological polar surface area (TPSA) is 47.0 Å². The van der Waals surface area contributed by atoms with Gasteiger partial charge in [-0.3, -0.25) is 4.98 Å². The SMILES string of the molecule is CC(C)CNCc1ccc(OCc2nccs2)cn1. The van der Waals surface area contributed by atoms with Crippen molar-refractivity contribution in [3.63, 3.8) is 0 Å². The van der Waals surface area contributed by atoms with Crippen molar-refractivity contribution in [1.29, 1.82) is 0 Å². The minimum Gasteiger partial charge on any atom is -0.485 e. The Kier molecular flexibility index (Phi) is 5.30. The lowest BCUT2D eigenvalue weighted by Gasteiger charge is -2.08. The lowest BCUT2D eigenvalue weighted by atomic mass is 10.2. The molecule has 0 aliphatic rings. The average Bonchev–Trinajstić information content (AvgIpc) is 2.90. The van der Waals surface area contributed by atoms with Gasteiger partial charge in [-0.25, -0.2) is 4.98 Å². The van der Waals surface area contributed by atoms with E-state index in [1.54, 1.807) is 23.7 Å². The van der Waals surface area contributed by atoms with Crippen molar-refractivity contribution in [3.05, 3.63) is 40.6 Å². The predicted octanol–water partition coefficient (Wildman–Crippen LogP) is 2.86. The van der Waals surface area contributed by atoms with Crippen LogP contribution in [0.25, 0.3) is 0 Å². The Morgan fingerprint density at radius 1 is 1.32 bits per heavy atom. The van der Waals surface area contributed by atoms with Crippen LogP contribution in [-0.4, -0.2) is 16.5 Å². The number of hydrogen-bond donors (Lipinski definition) is 1. The van der Waals surface area contributed by atoms with Crippen molar-refractivity contribution >= 4 is 11.3 Å². The normalized spacial score (nSPS) is 10.9. The first kappa shape index (κ1) is 14.0. The molecule has 0 unspecified atom stereocenters. The third kappa shape index (κ3) is 4.96. The summed E-state index contributed by atoms with van der Waals surface area (Å²) in [5.41, 5.74) is 1.03. The average molecular weight is 277 g/mol. The van der Waals surface area contributed by atoms with Gasteiger partial charge in [0.1, 0.15) is 17.4 Å².